The van der Waals surface area contributed by atoms with Gasteiger partial charge in [0.1, 0.15) is 17.4 Å². The Kier molecular flexibility index (Phi) is 7.17. The zero-order valence-electron chi connectivity index (χ0n) is 16.5. The lowest BCUT2D eigenvalue weighted by Crippen LogP contribution is -2.17. The van der Waals surface area contributed by atoms with Crippen LogP contribution >= 0.6 is 0 Å². The van der Waals surface area contributed by atoms with Gasteiger partial charge < -0.3 is 14.8 Å². The number of unbranched alkanes of at least 4 members (excludes halogenated alkanes) is 2. The van der Waals surface area contributed by atoms with Crippen LogP contribution in [0.25, 0.3) is 0 Å². The fraction of sp³-hybridized carbons (Fsp3) is 0.524. The second kappa shape index (κ2) is 9.80. The summed E-state index contributed by atoms with van der Waals surface area (Å²) in [7, 11) is 0. The van der Waals surface area contributed by atoms with E-state index in [0.717, 1.165) is 56.9 Å². The Bertz CT molecular complexity index is 776. The third-order valence-corrected chi connectivity index (χ3v) is 4.77. The molecule has 8 heteroatoms. The predicted molar refractivity (Wildman–Crippen MR) is 105 cm³/mol. The number of aromatic nitrogens is 2. The third-order valence-electron chi connectivity index (χ3n) is 4.77. The number of anilines is 2. The van der Waals surface area contributed by atoms with Gasteiger partial charge in [-0.3, -0.25) is 0 Å². The first kappa shape index (κ1) is 21.2. The highest BCUT2D eigenvalue weighted by Gasteiger charge is 2.37. The normalized spacial score (nSPS) is 14.8. The molecule has 0 atom stereocenters. The van der Waals surface area contributed by atoms with Gasteiger partial charge in [0, 0.05) is 11.9 Å². The zero-order valence-corrected chi connectivity index (χ0v) is 16.5. The Morgan fingerprint density at radius 3 is 2.48 bits per heavy atom. The Morgan fingerprint density at radius 1 is 1.10 bits per heavy atom. The van der Waals surface area contributed by atoms with Crippen LogP contribution in [0.3, 0.4) is 0 Å². The summed E-state index contributed by atoms with van der Waals surface area (Å²) in [5.74, 6) is 0.380. The largest absolute Gasteiger partial charge is 0.494 e. The van der Waals surface area contributed by atoms with Crippen molar-refractivity contribution in [1.82, 2.24) is 9.97 Å². The number of alkyl halides is 3. The molecule has 0 amide bonds. The molecule has 2 aromatic rings. The van der Waals surface area contributed by atoms with Gasteiger partial charge in [0.15, 0.2) is 0 Å². The van der Waals surface area contributed by atoms with Crippen molar-refractivity contribution in [2.24, 2.45) is 0 Å². The minimum absolute atomic E-state index is 0.0580. The highest BCUT2D eigenvalue weighted by atomic mass is 19.4. The van der Waals surface area contributed by atoms with E-state index in [-0.39, 0.29) is 12.1 Å². The number of benzene rings is 1. The van der Waals surface area contributed by atoms with E-state index in [1.165, 1.54) is 0 Å². The van der Waals surface area contributed by atoms with Crippen molar-refractivity contribution in [3.05, 3.63) is 36.0 Å². The molecule has 1 aliphatic carbocycles. The second-order valence-electron chi connectivity index (χ2n) is 7.14. The van der Waals surface area contributed by atoms with E-state index in [1.807, 2.05) is 0 Å². The van der Waals surface area contributed by atoms with Crippen molar-refractivity contribution in [3.63, 3.8) is 0 Å². The topological polar surface area (TPSA) is 56.3 Å². The van der Waals surface area contributed by atoms with Crippen LogP contribution in [0.2, 0.25) is 0 Å². The van der Waals surface area contributed by atoms with Crippen LogP contribution in [0.15, 0.2) is 30.5 Å². The summed E-state index contributed by atoms with van der Waals surface area (Å²) in [4.78, 5) is 7.81. The van der Waals surface area contributed by atoms with Crippen LogP contribution in [-0.4, -0.2) is 22.7 Å². The molecule has 1 N–H and O–H groups in total. The molecule has 0 unspecified atom stereocenters. The molecule has 0 spiro atoms. The van der Waals surface area contributed by atoms with Crippen molar-refractivity contribution in [3.8, 4) is 11.6 Å². The lowest BCUT2D eigenvalue weighted by atomic mass is 10.2. The number of halogens is 3. The lowest BCUT2D eigenvalue weighted by Gasteiger charge is -2.17. The van der Waals surface area contributed by atoms with Gasteiger partial charge in [-0.1, -0.05) is 19.8 Å². The van der Waals surface area contributed by atoms with E-state index < -0.39 is 17.6 Å². The van der Waals surface area contributed by atoms with Crippen molar-refractivity contribution in [2.75, 3.05) is 11.9 Å². The minimum Gasteiger partial charge on any atom is -0.494 e. The quantitative estimate of drug-likeness (QED) is 0.505. The van der Waals surface area contributed by atoms with Gasteiger partial charge in [-0.15, -0.1) is 0 Å². The summed E-state index contributed by atoms with van der Waals surface area (Å²) in [6, 6.07) is 7.14. The zero-order chi connectivity index (χ0) is 20.7. The highest BCUT2D eigenvalue weighted by Crippen LogP contribution is 2.37. The lowest BCUT2D eigenvalue weighted by molar-refractivity contribution is -0.139. The van der Waals surface area contributed by atoms with Gasteiger partial charge in [0.25, 0.3) is 0 Å². The Morgan fingerprint density at radius 2 is 1.83 bits per heavy atom. The molecule has 1 aromatic carbocycles. The smallest absolute Gasteiger partial charge is 0.423 e. The molecular formula is C21H26F3N3O2. The van der Waals surface area contributed by atoms with Gasteiger partial charge in [0.2, 0.25) is 11.8 Å². The molecule has 0 saturated heterocycles. The van der Waals surface area contributed by atoms with E-state index in [4.69, 9.17) is 9.47 Å². The van der Waals surface area contributed by atoms with Crippen LogP contribution in [0.4, 0.5) is 24.8 Å². The van der Waals surface area contributed by atoms with Crippen molar-refractivity contribution < 1.29 is 22.6 Å². The average Bonchev–Trinajstić information content (AvgIpc) is 3.19. The van der Waals surface area contributed by atoms with Crippen molar-refractivity contribution in [1.29, 1.82) is 0 Å². The molecule has 3 rings (SSSR count). The molecule has 5 nitrogen and oxygen atoms in total. The second-order valence-corrected chi connectivity index (χ2v) is 7.14. The molecule has 1 saturated carbocycles. The first-order chi connectivity index (χ1) is 14.0. The van der Waals surface area contributed by atoms with E-state index in [0.29, 0.717) is 12.3 Å². The third kappa shape index (κ3) is 6.24. The molecule has 1 aliphatic rings. The maximum absolute atomic E-state index is 13.3. The molecule has 29 heavy (non-hydrogen) atoms. The summed E-state index contributed by atoms with van der Waals surface area (Å²) < 4.78 is 51.1. The van der Waals surface area contributed by atoms with Crippen LogP contribution in [-0.2, 0) is 6.18 Å². The SMILES string of the molecule is CCCCCOc1ccc(Nc2ncc(C(F)(F)F)c(OC3CCCC3)n2)cc1. The Labute approximate surface area is 168 Å². The van der Waals surface area contributed by atoms with Gasteiger partial charge >= 0.3 is 6.18 Å². The maximum atomic E-state index is 13.3. The molecule has 158 valence electrons. The summed E-state index contributed by atoms with van der Waals surface area (Å²) in [6.45, 7) is 2.79. The molecule has 0 bridgehead atoms. The fourth-order valence-corrected chi connectivity index (χ4v) is 3.18. The van der Waals surface area contributed by atoms with E-state index in [2.05, 4.69) is 22.2 Å². The number of hydrogen-bond donors (Lipinski definition) is 1. The Hall–Kier alpha value is -2.51. The molecule has 0 radical (unpaired) electrons. The summed E-state index contributed by atoms with van der Waals surface area (Å²) >= 11 is 0. The first-order valence-corrected chi connectivity index (χ1v) is 10.1. The van der Waals surface area contributed by atoms with Crippen LogP contribution in [0.5, 0.6) is 11.6 Å². The molecule has 1 heterocycles. The van der Waals surface area contributed by atoms with Crippen LogP contribution in [0.1, 0.15) is 57.4 Å². The summed E-state index contributed by atoms with van der Waals surface area (Å²) in [5, 5.41) is 2.93. The number of hydrogen-bond acceptors (Lipinski definition) is 5. The molecule has 1 fully saturated rings. The average molecular weight is 409 g/mol. The molecule has 0 aliphatic heterocycles. The fourth-order valence-electron chi connectivity index (χ4n) is 3.18. The molecule has 1 aromatic heterocycles. The summed E-state index contributed by atoms with van der Waals surface area (Å²) in [5.41, 5.74) is -0.303. The van der Waals surface area contributed by atoms with E-state index in [1.54, 1.807) is 24.3 Å². The predicted octanol–water partition coefficient (Wildman–Crippen LogP) is 6.13. The standard InChI is InChI=1S/C21H26F3N3O2/c1-2-3-6-13-28-16-11-9-15(10-12-16)26-20-25-14-18(21(22,23)24)19(27-20)29-17-7-4-5-8-17/h9-12,14,17H,2-8,13H2,1H3,(H,25,26,27). The van der Waals surface area contributed by atoms with Gasteiger partial charge in [-0.2, -0.15) is 18.2 Å². The van der Waals surface area contributed by atoms with Crippen molar-refractivity contribution >= 4 is 11.6 Å². The first-order valence-electron chi connectivity index (χ1n) is 10.1. The van der Waals surface area contributed by atoms with E-state index >= 15 is 0 Å². The van der Waals surface area contributed by atoms with Crippen LogP contribution < -0.4 is 14.8 Å². The van der Waals surface area contributed by atoms with Crippen LogP contribution in [0, 0.1) is 0 Å². The maximum Gasteiger partial charge on any atom is 0.423 e. The Balaban J connectivity index is 1.68. The highest BCUT2D eigenvalue weighted by molar-refractivity contribution is 5.55. The number of nitrogens with one attached hydrogen (secondary N) is 1. The van der Waals surface area contributed by atoms with E-state index in [9.17, 15) is 13.2 Å². The van der Waals surface area contributed by atoms with Gasteiger partial charge in [0.05, 0.1) is 6.61 Å². The number of ether oxygens (including phenoxy) is 2. The summed E-state index contributed by atoms with van der Waals surface area (Å²) in [6.07, 6.45) is 2.61. The van der Waals surface area contributed by atoms with Gasteiger partial charge in [-0.05, 0) is 56.4 Å². The number of nitrogens with zero attached hydrogens (tertiary/aromatic N) is 2. The van der Waals surface area contributed by atoms with Gasteiger partial charge in [-0.25, -0.2) is 4.98 Å². The molecular weight excluding hydrogens is 383 g/mol. The van der Waals surface area contributed by atoms with Crippen molar-refractivity contribution in [2.45, 2.75) is 64.1 Å². The monoisotopic (exact) mass is 409 g/mol. The number of rotatable bonds is 9. The minimum atomic E-state index is -4.57.